The molecule has 4 heteroatoms. The van der Waals surface area contributed by atoms with Crippen LogP contribution in [0.4, 0.5) is 10.1 Å². The van der Waals surface area contributed by atoms with E-state index in [0.717, 1.165) is 24.9 Å². The molecule has 2 atom stereocenters. The van der Waals surface area contributed by atoms with Crippen molar-refractivity contribution in [2.24, 2.45) is 0 Å². The highest BCUT2D eigenvalue weighted by Gasteiger charge is 2.25. The second-order valence-electron chi connectivity index (χ2n) is 3.87. The van der Waals surface area contributed by atoms with Crippen LogP contribution in [0.1, 0.15) is 19.3 Å². The van der Waals surface area contributed by atoms with Gasteiger partial charge in [-0.25, -0.2) is 4.39 Å². The topological polar surface area (TPSA) is 32.3 Å². The summed E-state index contributed by atoms with van der Waals surface area (Å²) in [5.41, 5.74) is 0.836. The quantitative estimate of drug-likeness (QED) is 0.869. The Kier molecular flexibility index (Phi) is 3.26. The van der Waals surface area contributed by atoms with Gasteiger partial charge in [0.25, 0.3) is 0 Å². The van der Waals surface area contributed by atoms with E-state index in [2.05, 4.69) is 21.2 Å². The molecule has 15 heavy (non-hydrogen) atoms. The van der Waals surface area contributed by atoms with E-state index in [1.54, 1.807) is 6.07 Å². The molecule has 1 fully saturated rings. The van der Waals surface area contributed by atoms with E-state index in [1.807, 2.05) is 0 Å². The van der Waals surface area contributed by atoms with Crippen molar-refractivity contribution in [3.63, 3.8) is 0 Å². The van der Waals surface area contributed by atoms with Crippen molar-refractivity contribution in [3.8, 4) is 0 Å². The van der Waals surface area contributed by atoms with Gasteiger partial charge in [-0.1, -0.05) is 0 Å². The van der Waals surface area contributed by atoms with Crippen LogP contribution in [0.5, 0.6) is 0 Å². The van der Waals surface area contributed by atoms with Crippen LogP contribution < -0.4 is 5.32 Å². The summed E-state index contributed by atoms with van der Waals surface area (Å²) in [5, 5.41) is 12.9. The molecule has 0 aliphatic heterocycles. The molecule has 0 bridgehead atoms. The molecular weight excluding hydrogens is 261 g/mol. The molecular formula is C11H13BrFNO. The number of halogens is 2. The normalized spacial score (nSPS) is 25.5. The van der Waals surface area contributed by atoms with Gasteiger partial charge in [-0.15, -0.1) is 0 Å². The molecule has 0 heterocycles. The fraction of sp³-hybridized carbons (Fsp3) is 0.455. The number of hydrogen-bond donors (Lipinski definition) is 2. The summed E-state index contributed by atoms with van der Waals surface area (Å²) < 4.78 is 13.5. The number of anilines is 1. The van der Waals surface area contributed by atoms with Crippen molar-refractivity contribution in [1.29, 1.82) is 0 Å². The summed E-state index contributed by atoms with van der Waals surface area (Å²) >= 11 is 3.29. The summed E-state index contributed by atoms with van der Waals surface area (Å²) in [6.45, 7) is 0. The van der Waals surface area contributed by atoms with Gasteiger partial charge in [-0.2, -0.15) is 0 Å². The third kappa shape index (κ3) is 2.49. The first-order chi connectivity index (χ1) is 7.16. The zero-order valence-electron chi connectivity index (χ0n) is 8.21. The van der Waals surface area contributed by atoms with E-state index in [4.69, 9.17) is 0 Å². The van der Waals surface area contributed by atoms with Crippen LogP contribution in [-0.4, -0.2) is 17.3 Å². The fourth-order valence-electron chi connectivity index (χ4n) is 1.92. The maximum atomic E-state index is 12.8. The zero-order chi connectivity index (χ0) is 10.8. The Bertz CT molecular complexity index is 358. The van der Waals surface area contributed by atoms with Gasteiger partial charge in [0.15, 0.2) is 0 Å². The SMILES string of the molecule is O[C@H]1CCC[C@@H]1Nc1ccc(F)cc1Br. The Balaban J connectivity index is 2.10. The molecule has 1 aromatic carbocycles. The minimum atomic E-state index is -0.290. The van der Waals surface area contributed by atoms with E-state index in [-0.39, 0.29) is 18.0 Å². The highest BCUT2D eigenvalue weighted by atomic mass is 79.9. The van der Waals surface area contributed by atoms with Crippen molar-refractivity contribution >= 4 is 21.6 Å². The molecule has 82 valence electrons. The summed E-state index contributed by atoms with van der Waals surface area (Å²) in [4.78, 5) is 0. The molecule has 0 spiro atoms. The van der Waals surface area contributed by atoms with E-state index in [9.17, 15) is 9.50 Å². The standard InChI is InChI=1S/C11H13BrFNO/c12-8-6-7(13)4-5-9(8)14-10-2-1-3-11(10)15/h4-6,10-11,14-15H,1-3H2/t10-,11-/m0/s1. The Morgan fingerprint density at radius 3 is 2.80 bits per heavy atom. The van der Waals surface area contributed by atoms with Crippen LogP contribution in [0.3, 0.4) is 0 Å². The van der Waals surface area contributed by atoms with E-state index < -0.39 is 0 Å². The highest BCUT2D eigenvalue weighted by Crippen LogP contribution is 2.28. The summed E-state index contributed by atoms with van der Waals surface area (Å²) in [5.74, 6) is -0.264. The summed E-state index contributed by atoms with van der Waals surface area (Å²) in [6.07, 6.45) is 2.56. The first-order valence-corrected chi connectivity index (χ1v) is 5.86. The lowest BCUT2D eigenvalue weighted by atomic mass is 10.2. The lowest BCUT2D eigenvalue weighted by Gasteiger charge is -2.18. The zero-order valence-corrected chi connectivity index (χ0v) is 9.80. The lowest BCUT2D eigenvalue weighted by Crippen LogP contribution is -2.28. The number of aliphatic hydroxyl groups excluding tert-OH is 1. The molecule has 2 nitrogen and oxygen atoms in total. The maximum Gasteiger partial charge on any atom is 0.124 e. The first kappa shape index (κ1) is 10.9. The second-order valence-corrected chi connectivity index (χ2v) is 4.73. The first-order valence-electron chi connectivity index (χ1n) is 5.06. The van der Waals surface area contributed by atoms with Crippen LogP contribution in [0.2, 0.25) is 0 Å². The number of aliphatic hydroxyl groups is 1. The fourth-order valence-corrected chi connectivity index (χ4v) is 2.38. The van der Waals surface area contributed by atoms with Gasteiger partial charge in [0.05, 0.1) is 12.1 Å². The number of rotatable bonds is 2. The Morgan fingerprint density at radius 2 is 2.20 bits per heavy atom. The highest BCUT2D eigenvalue weighted by molar-refractivity contribution is 9.10. The lowest BCUT2D eigenvalue weighted by molar-refractivity contribution is 0.172. The maximum absolute atomic E-state index is 12.8. The molecule has 2 N–H and O–H groups in total. The molecule has 0 unspecified atom stereocenters. The Hall–Kier alpha value is -0.610. The number of hydrogen-bond acceptors (Lipinski definition) is 2. The van der Waals surface area contributed by atoms with Crippen molar-refractivity contribution in [2.45, 2.75) is 31.4 Å². The molecule has 1 aromatic rings. The van der Waals surface area contributed by atoms with Crippen LogP contribution in [-0.2, 0) is 0 Å². The second kappa shape index (κ2) is 4.49. The van der Waals surface area contributed by atoms with Crippen molar-refractivity contribution < 1.29 is 9.50 Å². The van der Waals surface area contributed by atoms with Gasteiger partial charge in [-0.3, -0.25) is 0 Å². The van der Waals surface area contributed by atoms with Crippen molar-refractivity contribution in [3.05, 3.63) is 28.5 Å². The monoisotopic (exact) mass is 273 g/mol. The third-order valence-electron chi connectivity index (χ3n) is 2.75. The van der Waals surface area contributed by atoms with Gasteiger partial charge in [0.2, 0.25) is 0 Å². The van der Waals surface area contributed by atoms with Crippen LogP contribution >= 0.6 is 15.9 Å². The Morgan fingerprint density at radius 1 is 1.40 bits per heavy atom. The molecule has 0 aromatic heterocycles. The molecule has 1 aliphatic rings. The van der Waals surface area contributed by atoms with Gasteiger partial charge in [-0.05, 0) is 53.4 Å². The van der Waals surface area contributed by atoms with Gasteiger partial charge >= 0.3 is 0 Å². The smallest absolute Gasteiger partial charge is 0.124 e. The predicted octanol–water partition coefficient (Wildman–Crippen LogP) is 2.91. The largest absolute Gasteiger partial charge is 0.391 e. The van der Waals surface area contributed by atoms with Gasteiger partial charge < -0.3 is 10.4 Å². The Labute approximate surface area is 96.6 Å². The average molecular weight is 274 g/mol. The van der Waals surface area contributed by atoms with Crippen LogP contribution in [0.25, 0.3) is 0 Å². The van der Waals surface area contributed by atoms with Crippen molar-refractivity contribution in [1.82, 2.24) is 0 Å². The van der Waals surface area contributed by atoms with Gasteiger partial charge in [0.1, 0.15) is 5.82 Å². The molecule has 1 aliphatic carbocycles. The molecule has 0 saturated heterocycles. The van der Waals surface area contributed by atoms with E-state index >= 15 is 0 Å². The number of benzene rings is 1. The van der Waals surface area contributed by atoms with E-state index in [0.29, 0.717) is 4.47 Å². The molecule has 0 amide bonds. The molecule has 0 radical (unpaired) electrons. The summed E-state index contributed by atoms with van der Waals surface area (Å²) in [6, 6.07) is 4.61. The minimum Gasteiger partial charge on any atom is -0.391 e. The summed E-state index contributed by atoms with van der Waals surface area (Å²) in [7, 11) is 0. The van der Waals surface area contributed by atoms with Crippen LogP contribution in [0.15, 0.2) is 22.7 Å². The van der Waals surface area contributed by atoms with Crippen molar-refractivity contribution in [2.75, 3.05) is 5.32 Å². The minimum absolute atomic E-state index is 0.0896. The molecule has 2 rings (SSSR count). The predicted molar refractivity (Wildman–Crippen MR) is 61.4 cm³/mol. The van der Waals surface area contributed by atoms with E-state index in [1.165, 1.54) is 12.1 Å². The van der Waals surface area contributed by atoms with Crippen LogP contribution in [0, 0.1) is 5.82 Å². The average Bonchev–Trinajstić information content (AvgIpc) is 2.57. The number of nitrogens with one attached hydrogen (secondary N) is 1. The molecule has 1 saturated carbocycles. The third-order valence-corrected chi connectivity index (χ3v) is 3.41. The van der Waals surface area contributed by atoms with Gasteiger partial charge in [0, 0.05) is 10.2 Å².